The number of primary amides is 1. The van der Waals surface area contributed by atoms with Gasteiger partial charge in [-0.15, -0.1) is 0 Å². The second-order valence-electron chi connectivity index (χ2n) is 5.57. The van der Waals surface area contributed by atoms with Gasteiger partial charge in [0.05, 0.1) is 11.1 Å². The minimum atomic E-state index is -0.658. The number of para-hydroxylation sites is 1. The zero-order chi connectivity index (χ0) is 19.7. The van der Waals surface area contributed by atoms with Crippen LogP contribution in [0.5, 0.6) is 0 Å². The predicted octanol–water partition coefficient (Wildman–Crippen LogP) is 4.10. The number of carbonyl (C=O) groups is 1. The number of rotatable bonds is 5. The Morgan fingerprint density at radius 2 is 2.08 bits per heavy atom. The normalized spacial score (nSPS) is 12.4. The first-order valence-corrected chi connectivity index (χ1v) is 8.69. The van der Waals surface area contributed by atoms with Crippen molar-refractivity contribution in [2.75, 3.05) is 0 Å². The number of benzene rings is 1. The summed E-state index contributed by atoms with van der Waals surface area (Å²) in [5, 5.41) is 9.73. The molecule has 0 aliphatic heterocycles. The highest BCUT2D eigenvalue weighted by molar-refractivity contribution is 6.05. The molecule has 0 spiro atoms. The smallest absolute Gasteiger partial charge is 0.268 e. The summed E-state index contributed by atoms with van der Waals surface area (Å²) in [6.45, 7) is 9.96. The molecule has 1 heterocycles. The van der Waals surface area contributed by atoms with E-state index in [9.17, 15) is 10.1 Å². The van der Waals surface area contributed by atoms with Gasteiger partial charge in [-0.05, 0) is 25.3 Å². The first kappa shape index (κ1) is 21.0. The van der Waals surface area contributed by atoms with Crippen molar-refractivity contribution < 1.29 is 4.79 Å². The Morgan fingerprint density at radius 1 is 1.38 bits per heavy atom. The van der Waals surface area contributed by atoms with E-state index in [1.165, 1.54) is 0 Å². The van der Waals surface area contributed by atoms with E-state index in [2.05, 4.69) is 34.9 Å². The van der Waals surface area contributed by atoms with Crippen molar-refractivity contribution in [1.82, 2.24) is 9.97 Å². The summed E-state index contributed by atoms with van der Waals surface area (Å²) in [5.74, 6) is 0.0490. The van der Waals surface area contributed by atoms with Gasteiger partial charge in [-0.1, -0.05) is 39.8 Å². The quantitative estimate of drug-likeness (QED) is 0.818. The molecule has 0 fully saturated rings. The summed E-state index contributed by atoms with van der Waals surface area (Å²) in [6, 6.07) is 7.08. The van der Waals surface area contributed by atoms with Gasteiger partial charge in [0.15, 0.2) is 5.82 Å². The molecular formula is C20H25N5O. The molecule has 2 N–H and O–H groups in total. The molecule has 136 valence electrons. The van der Waals surface area contributed by atoms with Crippen molar-refractivity contribution in [3.05, 3.63) is 41.5 Å². The molecule has 0 aliphatic rings. The second kappa shape index (κ2) is 10.0. The number of fused-ring (bicyclic) bond motifs is 1. The van der Waals surface area contributed by atoms with Gasteiger partial charge in [-0.2, -0.15) is 5.26 Å². The number of hydrogen-bond acceptors (Lipinski definition) is 5. The third kappa shape index (κ3) is 4.96. The number of carbonyl (C=O) groups excluding carboxylic acids is 1. The maximum absolute atomic E-state index is 11.7. The van der Waals surface area contributed by atoms with Gasteiger partial charge in [0.25, 0.3) is 5.91 Å². The summed E-state index contributed by atoms with van der Waals surface area (Å²) < 4.78 is 0. The molecule has 26 heavy (non-hydrogen) atoms. The molecule has 0 saturated carbocycles. The van der Waals surface area contributed by atoms with E-state index in [4.69, 9.17) is 5.73 Å². The van der Waals surface area contributed by atoms with Crippen LogP contribution in [-0.4, -0.2) is 22.1 Å². The average molecular weight is 351 g/mol. The summed E-state index contributed by atoms with van der Waals surface area (Å²) in [5.41, 5.74) is 7.01. The van der Waals surface area contributed by atoms with E-state index in [1.807, 2.05) is 20.1 Å². The van der Waals surface area contributed by atoms with Gasteiger partial charge < -0.3 is 5.73 Å². The van der Waals surface area contributed by atoms with Crippen molar-refractivity contribution in [3.8, 4) is 6.07 Å². The number of nitrogens with zero attached hydrogens (tertiary/aromatic N) is 4. The van der Waals surface area contributed by atoms with Gasteiger partial charge in [-0.3, -0.25) is 9.79 Å². The molecule has 6 heteroatoms. The molecule has 1 aromatic carbocycles. The summed E-state index contributed by atoms with van der Waals surface area (Å²) in [4.78, 5) is 24.7. The van der Waals surface area contributed by atoms with E-state index in [-0.39, 0.29) is 5.69 Å². The molecule has 1 aromatic heterocycles. The molecule has 0 radical (unpaired) electrons. The highest BCUT2D eigenvalue weighted by Gasteiger charge is 2.15. The maximum Gasteiger partial charge on any atom is 0.268 e. The second-order valence-corrected chi connectivity index (χ2v) is 5.57. The Bertz CT molecular complexity index is 878. The Labute approximate surface area is 154 Å². The van der Waals surface area contributed by atoms with Crippen LogP contribution in [-0.2, 0) is 0 Å². The maximum atomic E-state index is 11.7. The Balaban J connectivity index is 0.00000163. The molecule has 1 atom stereocenters. The lowest BCUT2D eigenvalue weighted by Gasteiger charge is -2.07. The van der Waals surface area contributed by atoms with Crippen LogP contribution in [0.25, 0.3) is 16.5 Å². The lowest BCUT2D eigenvalue weighted by atomic mass is 10.1. The number of aromatic nitrogens is 2. The number of hydrogen-bond donors (Lipinski definition) is 1. The standard InChI is InChI=1S/C18H19N5O.C2H6/c1-4-11(2)9-21-10-12(3)18-22-15-13(8-19)6-5-7-14(15)16(23-18)17(20)24;1-2/h5-7,9-11H,4H2,1-3H3,(H2,20,24);1-2H3/b12-10+,21-9?;. The number of nitriles is 1. The van der Waals surface area contributed by atoms with Crippen LogP contribution in [0.1, 0.15) is 62.9 Å². The molecule has 2 rings (SSSR count). The van der Waals surface area contributed by atoms with Gasteiger partial charge in [0.2, 0.25) is 0 Å². The van der Waals surface area contributed by atoms with Gasteiger partial charge in [0, 0.05) is 23.4 Å². The zero-order valence-electron chi connectivity index (χ0n) is 15.9. The Morgan fingerprint density at radius 3 is 2.65 bits per heavy atom. The molecular weight excluding hydrogens is 326 g/mol. The van der Waals surface area contributed by atoms with Gasteiger partial charge in [0.1, 0.15) is 11.8 Å². The van der Waals surface area contributed by atoms with Crippen LogP contribution in [0.2, 0.25) is 0 Å². The van der Waals surface area contributed by atoms with E-state index >= 15 is 0 Å². The first-order chi connectivity index (χ1) is 12.5. The van der Waals surface area contributed by atoms with E-state index in [1.54, 1.807) is 31.3 Å². The number of amides is 1. The number of nitrogens with two attached hydrogens (primary N) is 1. The van der Waals surface area contributed by atoms with E-state index in [0.29, 0.717) is 33.8 Å². The van der Waals surface area contributed by atoms with Crippen LogP contribution in [0.3, 0.4) is 0 Å². The van der Waals surface area contributed by atoms with Crippen LogP contribution in [0, 0.1) is 17.2 Å². The van der Waals surface area contributed by atoms with E-state index in [0.717, 1.165) is 6.42 Å². The summed E-state index contributed by atoms with van der Waals surface area (Å²) in [6.07, 6.45) is 4.49. The molecule has 0 saturated heterocycles. The van der Waals surface area contributed by atoms with Gasteiger partial charge in [-0.25, -0.2) is 9.97 Å². The largest absolute Gasteiger partial charge is 0.364 e. The zero-order valence-corrected chi connectivity index (χ0v) is 15.9. The topological polar surface area (TPSA) is 105 Å². The molecule has 2 aromatic rings. The third-order valence-electron chi connectivity index (χ3n) is 3.69. The summed E-state index contributed by atoms with van der Waals surface area (Å²) >= 11 is 0. The monoisotopic (exact) mass is 351 g/mol. The van der Waals surface area contributed by atoms with Crippen molar-refractivity contribution in [2.45, 2.75) is 41.0 Å². The van der Waals surface area contributed by atoms with Crippen molar-refractivity contribution in [3.63, 3.8) is 0 Å². The predicted molar refractivity (Wildman–Crippen MR) is 106 cm³/mol. The molecule has 1 amide bonds. The molecule has 6 nitrogen and oxygen atoms in total. The van der Waals surface area contributed by atoms with Crippen molar-refractivity contribution in [1.29, 1.82) is 5.26 Å². The van der Waals surface area contributed by atoms with Crippen molar-refractivity contribution in [2.24, 2.45) is 16.6 Å². The Kier molecular flexibility index (Phi) is 8.10. The van der Waals surface area contributed by atoms with Crippen molar-refractivity contribution >= 4 is 28.6 Å². The minimum Gasteiger partial charge on any atom is -0.364 e. The van der Waals surface area contributed by atoms with Crippen LogP contribution in [0.4, 0.5) is 0 Å². The lowest BCUT2D eigenvalue weighted by molar-refractivity contribution is 0.0997. The first-order valence-electron chi connectivity index (χ1n) is 8.69. The van der Waals surface area contributed by atoms with Crippen LogP contribution in [0.15, 0.2) is 29.4 Å². The van der Waals surface area contributed by atoms with E-state index < -0.39 is 5.91 Å². The minimum absolute atomic E-state index is 0.103. The number of allylic oxidation sites excluding steroid dienone is 1. The van der Waals surface area contributed by atoms with Gasteiger partial charge >= 0.3 is 0 Å². The van der Waals surface area contributed by atoms with Crippen LogP contribution < -0.4 is 5.73 Å². The third-order valence-corrected chi connectivity index (χ3v) is 3.69. The number of aliphatic imine (C=N–C) groups is 1. The molecule has 0 bridgehead atoms. The highest BCUT2D eigenvalue weighted by Crippen LogP contribution is 2.22. The fourth-order valence-corrected chi connectivity index (χ4v) is 2.07. The Hall–Kier alpha value is -3.07. The molecule has 1 unspecified atom stereocenters. The fourth-order valence-electron chi connectivity index (χ4n) is 2.07. The lowest BCUT2D eigenvalue weighted by Crippen LogP contribution is -2.15. The highest BCUT2D eigenvalue weighted by atomic mass is 16.1. The fraction of sp³-hybridized carbons (Fsp3) is 0.350. The summed E-state index contributed by atoms with van der Waals surface area (Å²) in [7, 11) is 0. The molecule has 0 aliphatic carbocycles. The SMILES string of the molecule is CC.CCC(C)C=N/C=C(\C)c1nc(C(N)=O)c2cccc(C#N)c2n1. The van der Waals surface area contributed by atoms with Crippen LogP contribution >= 0.6 is 0 Å². The average Bonchev–Trinajstić information content (AvgIpc) is 2.67.